The average molecular weight is 664 g/mol. The second-order valence-electron chi connectivity index (χ2n) is 16.3. The minimum Gasteiger partial charge on any atom is -0.433 e. The maximum absolute atomic E-state index is 12.5. The first-order valence-corrected chi connectivity index (χ1v) is 18.2. The summed E-state index contributed by atoms with van der Waals surface area (Å²) in [4.78, 5) is 42.7. The van der Waals surface area contributed by atoms with E-state index in [9.17, 15) is 4.79 Å². The van der Waals surface area contributed by atoms with Crippen LogP contribution in [0.3, 0.4) is 0 Å². The van der Waals surface area contributed by atoms with E-state index in [2.05, 4.69) is 32.9 Å². The third kappa shape index (κ3) is 4.90. The van der Waals surface area contributed by atoms with Gasteiger partial charge in [-0.3, -0.25) is 4.84 Å². The van der Waals surface area contributed by atoms with Crippen molar-refractivity contribution in [3.8, 4) is 0 Å². The molecule has 10 aliphatic rings. The molecule has 0 unspecified atom stereocenters. The fourth-order valence-corrected chi connectivity index (χ4v) is 11.1. The van der Waals surface area contributed by atoms with Crippen molar-refractivity contribution in [1.29, 1.82) is 0 Å². The smallest absolute Gasteiger partial charge is 0.433 e. The van der Waals surface area contributed by atoms with Gasteiger partial charge in [-0.05, 0) is 94.8 Å². The Labute approximate surface area is 277 Å². The van der Waals surface area contributed by atoms with E-state index < -0.39 is 47.6 Å². The molecule has 2 aliphatic carbocycles. The predicted octanol–water partition coefficient (Wildman–Crippen LogP) is 6.41. The van der Waals surface area contributed by atoms with Crippen LogP contribution in [-0.4, -0.2) is 66.0 Å². The molecule has 0 aromatic carbocycles. The molecule has 0 radical (unpaired) electrons. The van der Waals surface area contributed by atoms with Crippen LogP contribution in [0.15, 0.2) is 5.16 Å². The van der Waals surface area contributed by atoms with Crippen LogP contribution < -0.4 is 0 Å². The summed E-state index contributed by atoms with van der Waals surface area (Å²) in [5.41, 5.74) is -0.802. The zero-order valence-corrected chi connectivity index (χ0v) is 28.9. The summed E-state index contributed by atoms with van der Waals surface area (Å²) in [6.45, 7) is 14.8. The van der Waals surface area contributed by atoms with Crippen LogP contribution in [0, 0.1) is 47.3 Å². The number of carbonyl (C=O) groups is 1. The Kier molecular flexibility index (Phi) is 8.08. The number of hydrogen-bond acceptors (Lipinski definition) is 12. The Morgan fingerprint density at radius 3 is 1.85 bits per heavy atom. The first-order chi connectivity index (χ1) is 22.4. The van der Waals surface area contributed by atoms with Crippen LogP contribution in [0.4, 0.5) is 4.79 Å². The molecule has 8 saturated heterocycles. The fourth-order valence-electron chi connectivity index (χ4n) is 11.1. The fraction of sp³-hybridized carbons (Fsp3) is 0.943. The number of rotatable bonds is 5. The maximum atomic E-state index is 12.5. The van der Waals surface area contributed by atoms with Crippen molar-refractivity contribution in [3.05, 3.63) is 0 Å². The minimum atomic E-state index is -0.903. The van der Waals surface area contributed by atoms with Gasteiger partial charge in [0.1, 0.15) is 6.10 Å². The molecule has 16 atom stereocenters. The lowest BCUT2D eigenvalue weighted by atomic mass is 9.56. The Morgan fingerprint density at radius 1 is 0.723 bits per heavy atom. The summed E-state index contributed by atoms with van der Waals surface area (Å²) in [6.07, 6.45) is 4.97. The van der Waals surface area contributed by atoms with Crippen molar-refractivity contribution >= 4 is 11.9 Å². The van der Waals surface area contributed by atoms with Gasteiger partial charge in [0, 0.05) is 31.1 Å². The number of fused-ring (bicyclic) bond motifs is 4. The second-order valence-corrected chi connectivity index (χ2v) is 16.3. The van der Waals surface area contributed by atoms with Crippen LogP contribution in [0.25, 0.3) is 0 Å². The number of carbonyl (C=O) groups excluding carboxylic acids is 1. The highest BCUT2D eigenvalue weighted by atomic mass is 17.3. The third-order valence-corrected chi connectivity index (χ3v) is 13.7. The maximum Gasteiger partial charge on any atom is 0.535 e. The van der Waals surface area contributed by atoms with Crippen molar-refractivity contribution < 1.29 is 52.9 Å². The van der Waals surface area contributed by atoms with Gasteiger partial charge in [0.15, 0.2) is 23.8 Å². The monoisotopic (exact) mass is 663 g/mol. The Bertz CT molecular complexity index is 1270. The molecular weight excluding hydrogens is 610 g/mol. The summed E-state index contributed by atoms with van der Waals surface area (Å²) >= 11 is 0. The lowest BCUT2D eigenvalue weighted by Gasteiger charge is -2.61. The highest BCUT2D eigenvalue weighted by Gasteiger charge is 2.71. The molecule has 0 aromatic rings. The SMILES string of the molecule is CCOC(=O)O/N=C(/C[C@H]1O[C@@H]2O[C@]3(C)CC[C@H]4[C@H](C)CC[C@@H]([C@H]1C)[C@@]24OO3)[C@H]1O[C@@H]2O[C@]3(C)CC[C@H]4[C@H](C)CC[C@@H]([C@H]1C)[C@@]24OO3. The molecule has 47 heavy (non-hydrogen) atoms. The van der Waals surface area contributed by atoms with Crippen molar-refractivity contribution in [2.45, 2.75) is 154 Å². The van der Waals surface area contributed by atoms with Gasteiger partial charge in [-0.2, -0.15) is 0 Å². The van der Waals surface area contributed by atoms with E-state index in [0.717, 1.165) is 51.4 Å². The zero-order chi connectivity index (χ0) is 32.9. The van der Waals surface area contributed by atoms with E-state index in [-0.39, 0.29) is 48.2 Å². The molecule has 10 fully saturated rings. The molecule has 12 heteroatoms. The number of nitrogens with zero attached hydrogens (tertiary/aromatic N) is 1. The second kappa shape index (κ2) is 11.6. The molecule has 4 bridgehead atoms. The van der Waals surface area contributed by atoms with Crippen LogP contribution in [0.2, 0.25) is 0 Å². The number of oxime groups is 1. The molecule has 12 nitrogen and oxygen atoms in total. The first kappa shape index (κ1) is 32.8. The number of ether oxygens (including phenoxy) is 5. The number of hydrogen-bond donors (Lipinski definition) is 0. The molecule has 2 spiro atoms. The summed E-state index contributed by atoms with van der Waals surface area (Å²) in [7, 11) is 0. The quantitative estimate of drug-likeness (QED) is 0.107. The summed E-state index contributed by atoms with van der Waals surface area (Å²) in [5, 5.41) is 4.49. The van der Waals surface area contributed by atoms with Gasteiger partial charge >= 0.3 is 6.16 Å². The van der Waals surface area contributed by atoms with E-state index in [1.54, 1.807) is 6.92 Å². The van der Waals surface area contributed by atoms with E-state index in [4.69, 9.17) is 48.1 Å². The van der Waals surface area contributed by atoms with Crippen molar-refractivity contribution in [2.75, 3.05) is 6.61 Å². The molecule has 0 N–H and O–H groups in total. The van der Waals surface area contributed by atoms with E-state index in [0.29, 0.717) is 24.0 Å². The molecule has 0 aromatic heterocycles. The summed E-state index contributed by atoms with van der Waals surface area (Å²) in [6, 6.07) is 0. The molecule has 264 valence electrons. The highest BCUT2D eigenvalue weighted by Crippen LogP contribution is 2.63. The standard InChI is InChI=1S/C35H53NO11/c1-8-38-31(37)43-36-26(28-21(5)25-12-10-19(3)23-14-16-33(7)42-30(40-28)35(23,25)47-45-33)17-27-20(4)24-11-9-18(2)22-13-15-32(6)41-29(39-27)34(22,24)46-44-32/h18-25,27-30H,8-17H2,1-7H3/b36-26-/t18-,19-,20-,21-,22+,23+,24+,25+,27-,28+,29-,30-,32+,33+,34-,35-/m1/s1. The van der Waals surface area contributed by atoms with Gasteiger partial charge in [0.25, 0.3) is 0 Å². The van der Waals surface area contributed by atoms with Gasteiger partial charge in [0.05, 0.1) is 18.4 Å². The zero-order valence-electron chi connectivity index (χ0n) is 28.9. The molecule has 0 amide bonds. The molecule has 10 rings (SSSR count). The van der Waals surface area contributed by atoms with Crippen molar-refractivity contribution in [2.24, 2.45) is 52.5 Å². The molecule has 8 heterocycles. The lowest BCUT2D eigenvalue weighted by Crippen LogP contribution is -2.71. The Balaban J connectivity index is 1.13. The van der Waals surface area contributed by atoms with Crippen molar-refractivity contribution in [3.63, 3.8) is 0 Å². The van der Waals surface area contributed by atoms with Crippen LogP contribution in [0.1, 0.15) is 106 Å². The van der Waals surface area contributed by atoms with Crippen LogP contribution in [0.5, 0.6) is 0 Å². The van der Waals surface area contributed by atoms with Crippen LogP contribution in [-0.2, 0) is 48.1 Å². The third-order valence-electron chi connectivity index (χ3n) is 13.7. The topological polar surface area (TPSA) is 122 Å². The highest BCUT2D eigenvalue weighted by molar-refractivity contribution is 5.89. The molecule has 8 aliphatic heterocycles. The summed E-state index contributed by atoms with van der Waals surface area (Å²) in [5.74, 6) is -0.0668. The van der Waals surface area contributed by atoms with Gasteiger partial charge in [-0.15, -0.1) is 0 Å². The van der Waals surface area contributed by atoms with Gasteiger partial charge < -0.3 is 23.7 Å². The average Bonchev–Trinajstić information content (AvgIpc) is 3.41. The van der Waals surface area contributed by atoms with Gasteiger partial charge in [-0.1, -0.05) is 32.9 Å². The van der Waals surface area contributed by atoms with Gasteiger partial charge in [0.2, 0.25) is 11.6 Å². The van der Waals surface area contributed by atoms with Gasteiger partial charge in [-0.25, -0.2) is 24.3 Å². The Hall–Kier alpha value is -1.38. The lowest BCUT2D eigenvalue weighted by molar-refractivity contribution is -0.571. The van der Waals surface area contributed by atoms with Crippen LogP contribution >= 0.6 is 0 Å². The normalized spacial score (nSPS) is 54.9. The van der Waals surface area contributed by atoms with Crippen molar-refractivity contribution in [1.82, 2.24) is 0 Å². The molecule has 2 saturated carbocycles. The Morgan fingerprint density at radius 2 is 1.28 bits per heavy atom. The minimum absolute atomic E-state index is 0.0358. The van der Waals surface area contributed by atoms with E-state index >= 15 is 0 Å². The summed E-state index contributed by atoms with van der Waals surface area (Å²) < 4.78 is 32.3. The van der Waals surface area contributed by atoms with E-state index in [1.165, 1.54) is 0 Å². The predicted molar refractivity (Wildman–Crippen MR) is 164 cm³/mol. The largest absolute Gasteiger partial charge is 0.535 e. The first-order valence-electron chi connectivity index (χ1n) is 18.2. The molecular formula is C35H53NO11. The van der Waals surface area contributed by atoms with E-state index in [1.807, 2.05) is 13.8 Å².